The van der Waals surface area contributed by atoms with Crippen LogP contribution < -0.4 is 4.74 Å². The molecule has 1 aromatic heterocycles. The van der Waals surface area contributed by atoms with Crippen LogP contribution in [0.1, 0.15) is 27.5 Å². The second-order valence-electron chi connectivity index (χ2n) is 7.35. The third-order valence-corrected chi connectivity index (χ3v) is 5.60. The van der Waals surface area contributed by atoms with E-state index in [0.717, 1.165) is 16.5 Å². The molecule has 148 valence electrons. The molecule has 1 fully saturated rings. The number of hydrogen-bond acceptors (Lipinski definition) is 4. The van der Waals surface area contributed by atoms with Gasteiger partial charge in [0.1, 0.15) is 5.75 Å². The lowest BCUT2D eigenvalue weighted by molar-refractivity contribution is -0.141. The average molecular weight is 390 g/mol. The van der Waals surface area contributed by atoms with Crippen molar-refractivity contribution in [3.63, 3.8) is 0 Å². The number of carboxylic acid groups (broad SMARTS) is 1. The van der Waals surface area contributed by atoms with E-state index in [9.17, 15) is 14.7 Å². The van der Waals surface area contributed by atoms with Gasteiger partial charge in [0, 0.05) is 30.5 Å². The smallest absolute Gasteiger partial charge is 0.308 e. The van der Waals surface area contributed by atoms with Gasteiger partial charge in [-0.15, -0.1) is 0 Å². The van der Waals surface area contributed by atoms with Gasteiger partial charge in [-0.25, -0.2) is 0 Å². The van der Waals surface area contributed by atoms with Gasteiger partial charge in [0.25, 0.3) is 5.91 Å². The highest BCUT2D eigenvalue weighted by molar-refractivity contribution is 5.99. The Balaban J connectivity index is 1.66. The normalized spacial score (nSPS) is 18.8. The second-order valence-corrected chi connectivity index (χ2v) is 7.35. The fourth-order valence-corrected chi connectivity index (χ4v) is 4.01. The Kier molecular flexibility index (Phi) is 4.92. The van der Waals surface area contributed by atoms with Crippen molar-refractivity contribution < 1.29 is 19.4 Å². The van der Waals surface area contributed by atoms with Crippen molar-refractivity contribution in [2.24, 2.45) is 5.92 Å². The first kappa shape index (κ1) is 18.9. The van der Waals surface area contributed by atoms with E-state index in [-0.39, 0.29) is 18.4 Å². The van der Waals surface area contributed by atoms with E-state index in [2.05, 4.69) is 4.98 Å². The van der Waals surface area contributed by atoms with Crippen LogP contribution in [0.5, 0.6) is 5.75 Å². The van der Waals surface area contributed by atoms with Crippen LogP contribution in [0.3, 0.4) is 0 Å². The predicted octanol–water partition coefficient (Wildman–Crippen LogP) is 3.49. The molecule has 1 aliphatic heterocycles. The van der Waals surface area contributed by atoms with Gasteiger partial charge >= 0.3 is 5.97 Å². The predicted molar refractivity (Wildman–Crippen MR) is 109 cm³/mol. The van der Waals surface area contributed by atoms with Crippen molar-refractivity contribution >= 4 is 22.8 Å². The van der Waals surface area contributed by atoms with Crippen LogP contribution in [-0.2, 0) is 4.79 Å². The number of amides is 1. The fourth-order valence-electron chi connectivity index (χ4n) is 4.01. The number of likely N-dealkylation sites (tertiary alicyclic amines) is 1. The number of benzene rings is 2. The molecule has 29 heavy (non-hydrogen) atoms. The molecule has 1 amide bonds. The average Bonchev–Trinajstić information content (AvgIpc) is 3.19. The summed E-state index contributed by atoms with van der Waals surface area (Å²) in [5.74, 6) is -1.21. The van der Waals surface area contributed by atoms with Gasteiger partial charge in [0.05, 0.1) is 29.8 Å². The molecule has 0 spiro atoms. The molecular weight excluding hydrogens is 368 g/mol. The number of carbonyl (C=O) groups excluding carboxylic acids is 1. The van der Waals surface area contributed by atoms with Gasteiger partial charge < -0.3 is 14.7 Å². The fraction of sp³-hybridized carbons (Fsp3) is 0.261. The lowest BCUT2D eigenvalue weighted by Crippen LogP contribution is -2.30. The Morgan fingerprint density at radius 1 is 1.10 bits per heavy atom. The van der Waals surface area contributed by atoms with E-state index >= 15 is 0 Å². The van der Waals surface area contributed by atoms with Crippen molar-refractivity contribution in [1.29, 1.82) is 0 Å². The summed E-state index contributed by atoms with van der Waals surface area (Å²) in [6.45, 7) is 2.36. The van der Waals surface area contributed by atoms with Crippen molar-refractivity contribution in [3.8, 4) is 5.75 Å². The molecule has 3 aromatic rings. The minimum absolute atomic E-state index is 0.183. The van der Waals surface area contributed by atoms with Gasteiger partial charge in [0.15, 0.2) is 0 Å². The molecule has 0 bridgehead atoms. The van der Waals surface area contributed by atoms with E-state index in [1.807, 2.05) is 54.6 Å². The monoisotopic (exact) mass is 390 g/mol. The molecule has 2 heterocycles. The van der Waals surface area contributed by atoms with Crippen LogP contribution in [0.4, 0.5) is 0 Å². The number of nitrogens with zero attached hydrogens (tertiary/aromatic N) is 2. The zero-order valence-electron chi connectivity index (χ0n) is 16.3. The molecule has 0 saturated carbocycles. The number of carbonyl (C=O) groups is 2. The summed E-state index contributed by atoms with van der Waals surface area (Å²) in [4.78, 5) is 31.3. The molecule has 0 aliphatic carbocycles. The Morgan fingerprint density at radius 2 is 1.86 bits per heavy atom. The summed E-state index contributed by atoms with van der Waals surface area (Å²) < 4.78 is 5.24. The molecule has 4 rings (SSSR count). The topological polar surface area (TPSA) is 79.7 Å². The van der Waals surface area contributed by atoms with E-state index in [1.54, 1.807) is 18.9 Å². The summed E-state index contributed by atoms with van der Waals surface area (Å²) >= 11 is 0. The standard InChI is InChI=1S/C23H22N2O4/c1-14-18(10-16-8-9-17(29-2)11-21(16)24-14)22(26)25-12-19(20(13-25)23(27)28)15-6-4-3-5-7-15/h3-11,19-20H,12-13H2,1-2H3,(H,27,28)/t19-,20-/m0/s1. The Labute approximate surface area is 168 Å². The Bertz CT molecular complexity index is 1080. The maximum absolute atomic E-state index is 13.2. The van der Waals surface area contributed by atoms with Gasteiger partial charge in [-0.05, 0) is 30.7 Å². The summed E-state index contributed by atoms with van der Waals surface area (Å²) in [6, 6.07) is 16.9. The molecule has 2 aromatic carbocycles. The summed E-state index contributed by atoms with van der Waals surface area (Å²) in [6.07, 6.45) is 0. The van der Waals surface area contributed by atoms with E-state index in [1.165, 1.54) is 0 Å². The van der Waals surface area contributed by atoms with Crippen LogP contribution in [0.25, 0.3) is 10.9 Å². The number of ether oxygens (including phenoxy) is 1. The van der Waals surface area contributed by atoms with Crippen molar-refractivity contribution in [1.82, 2.24) is 9.88 Å². The number of hydrogen-bond donors (Lipinski definition) is 1. The quantitative estimate of drug-likeness (QED) is 0.738. The SMILES string of the molecule is COc1ccc2cc(C(=O)N3C[C@H](C(=O)O)[C@H](c4ccccc4)C3)c(C)nc2c1. The molecular formula is C23H22N2O4. The molecule has 2 atom stereocenters. The van der Waals surface area contributed by atoms with E-state index < -0.39 is 11.9 Å². The zero-order valence-corrected chi connectivity index (χ0v) is 16.3. The molecule has 0 radical (unpaired) electrons. The van der Waals surface area contributed by atoms with Crippen molar-refractivity contribution in [2.75, 3.05) is 20.2 Å². The molecule has 6 nitrogen and oxygen atoms in total. The van der Waals surface area contributed by atoms with Gasteiger partial charge in [-0.2, -0.15) is 0 Å². The van der Waals surface area contributed by atoms with Crippen LogP contribution in [0.2, 0.25) is 0 Å². The van der Waals surface area contributed by atoms with Crippen LogP contribution in [0, 0.1) is 12.8 Å². The van der Waals surface area contributed by atoms with Crippen molar-refractivity contribution in [3.05, 3.63) is 71.4 Å². The highest BCUT2D eigenvalue weighted by Crippen LogP contribution is 2.34. The number of methoxy groups -OCH3 is 1. The highest BCUT2D eigenvalue weighted by Gasteiger charge is 2.40. The molecule has 1 aliphatic rings. The second kappa shape index (κ2) is 7.54. The van der Waals surface area contributed by atoms with Gasteiger partial charge in [-0.1, -0.05) is 30.3 Å². The maximum atomic E-state index is 13.2. The number of pyridine rings is 1. The first-order valence-electron chi connectivity index (χ1n) is 9.50. The molecule has 1 saturated heterocycles. The minimum Gasteiger partial charge on any atom is -0.497 e. The third-order valence-electron chi connectivity index (χ3n) is 5.60. The third kappa shape index (κ3) is 3.53. The molecule has 0 unspecified atom stereocenters. The van der Waals surface area contributed by atoms with Gasteiger partial charge in [0.2, 0.25) is 0 Å². The molecule has 1 N–H and O–H groups in total. The van der Waals surface area contributed by atoms with E-state index in [0.29, 0.717) is 23.6 Å². The van der Waals surface area contributed by atoms with Crippen LogP contribution in [0.15, 0.2) is 54.6 Å². The first-order valence-corrected chi connectivity index (χ1v) is 9.50. The van der Waals surface area contributed by atoms with E-state index in [4.69, 9.17) is 4.74 Å². The molecule has 6 heteroatoms. The van der Waals surface area contributed by atoms with Crippen LogP contribution >= 0.6 is 0 Å². The number of aryl methyl sites for hydroxylation is 1. The van der Waals surface area contributed by atoms with Gasteiger partial charge in [-0.3, -0.25) is 14.6 Å². The summed E-state index contributed by atoms with van der Waals surface area (Å²) in [5.41, 5.74) is 2.81. The lowest BCUT2D eigenvalue weighted by atomic mass is 9.89. The van der Waals surface area contributed by atoms with Crippen molar-refractivity contribution in [2.45, 2.75) is 12.8 Å². The zero-order chi connectivity index (χ0) is 20.5. The number of fused-ring (bicyclic) bond motifs is 1. The largest absolute Gasteiger partial charge is 0.497 e. The summed E-state index contributed by atoms with van der Waals surface area (Å²) in [5, 5.41) is 10.5. The Morgan fingerprint density at radius 3 is 2.55 bits per heavy atom. The maximum Gasteiger partial charge on any atom is 0.308 e. The van der Waals surface area contributed by atoms with Crippen LogP contribution in [-0.4, -0.2) is 47.1 Å². The highest BCUT2D eigenvalue weighted by atomic mass is 16.5. The minimum atomic E-state index is -0.880. The number of rotatable bonds is 4. The number of aromatic nitrogens is 1. The first-order chi connectivity index (χ1) is 14.0. The lowest BCUT2D eigenvalue weighted by Gasteiger charge is -2.18. The number of carboxylic acids is 1. The number of aliphatic carboxylic acids is 1. The Hall–Kier alpha value is -3.41. The summed E-state index contributed by atoms with van der Waals surface area (Å²) in [7, 11) is 1.60.